The van der Waals surface area contributed by atoms with Gasteiger partial charge in [0.2, 0.25) is 11.5 Å². The number of hydrogen-bond acceptors (Lipinski definition) is 7. The number of hydrogen-bond donors (Lipinski definition) is 2. The number of nitrogens with one attached hydrogen (secondary N) is 2. The fourth-order valence-electron chi connectivity index (χ4n) is 3.69. The van der Waals surface area contributed by atoms with E-state index in [1.54, 1.807) is 18.2 Å². The first kappa shape index (κ1) is 28.3. The largest absolute Gasteiger partial charge is 0.484 e. The first-order chi connectivity index (χ1) is 18.1. The standard InChI is InChI=1S/C23H23ClF3N5O6S/c1-13(33)28-11-15-12-32(39(35,36)20-19(24)30-18-6-4-5-9-31(18)20)16-10-14(7-8-17(16)37-15)29-21(34)38-22(2,3)23(25,26)27/h4-10,15H,11-12H2,1-3H3,(H,28,33)(H,29,34)/t15-/m0/s1. The van der Waals surface area contributed by atoms with E-state index < -0.39 is 34.0 Å². The van der Waals surface area contributed by atoms with Gasteiger partial charge in [0.1, 0.15) is 17.5 Å². The lowest BCUT2D eigenvalue weighted by atomic mass is 10.1. The summed E-state index contributed by atoms with van der Waals surface area (Å²) in [4.78, 5) is 27.8. The number of anilines is 2. The van der Waals surface area contributed by atoms with Crippen LogP contribution in [0.3, 0.4) is 0 Å². The Balaban J connectivity index is 1.73. The van der Waals surface area contributed by atoms with E-state index in [4.69, 9.17) is 16.3 Å². The Morgan fingerprint density at radius 3 is 2.62 bits per heavy atom. The van der Waals surface area contributed by atoms with Crippen LogP contribution in [0.15, 0.2) is 47.6 Å². The molecule has 4 rings (SSSR count). The second-order valence-electron chi connectivity index (χ2n) is 9.05. The maximum atomic E-state index is 14.0. The number of alkyl halides is 3. The van der Waals surface area contributed by atoms with Crippen molar-refractivity contribution >= 4 is 50.6 Å². The number of pyridine rings is 1. The molecule has 1 atom stereocenters. The van der Waals surface area contributed by atoms with Crippen LogP contribution in [0.4, 0.5) is 29.3 Å². The molecule has 16 heteroatoms. The monoisotopic (exact) mass is 589 g/mol. The molecular weight excluding hydrogens is 567 g/mol. The van der Waals surface area contributed by atoms with Gasteiger partial charge in [-0.05, 0) is 44.2 Å². The summed E-state index contributed by atoms with van der Waals surface area (Å²) < 4.78 is 80.0. The predicted molar refractivity (Wildman–Crippen MR) is 135 cm³/mol. The number of halogens is 4. The molecule has 0 fully saturated rings. The fourth-order valence-corrected chi connectivity index (χ4v) is 5.80. The molecule has 11 nitrogen and oxygen atoms in total. The van der Waals surface area contributed by atoms with Crippen molar-refractivity contribution in [2.75, 3.05) is 22.7 Å². The van der Waals surface area contributed by atoms with Gasteiger partial charge in [0.15, 0.2) is 10.2 Å². The summed E-state index contributed by atoms with van der Waals surface area (Å²) >= 11 is 6.24. The van der Waals surface area contributed by atoms with E-state index >= 15 is 0 Å². The third kappa shape index (κ3) is 5.68. The number of benzene rings is 1. The minimum absolute atomic E-state index is 0.0273. The molecule has 1 aliphatic heterocycles. The molecule has 210 valence electrons. The first-order valence-corrected chi connectivity index (χ1v) is 13.2. The van der Waals surface area contributed by atoms with E-state index in [0.29, 0.717) is 13.8 Å². The second-order valence-corrected chi connectivity index (χ2v) is 11.2. The number of imidazole rings is 1. The summed E-state index contributed by atoms with van der Waals surface area (Å²) in [6.07, 6.45) is -5.58. The number of aromatic nitrogens is 2. The summed E-state index contributed by atoms with van der Waals surface area (Å²) in [6, 6.07) is 8.65. The van der Waals surface area contributed by atoms with E-state index in [9.17, 15) is 31.2 Å². The number of sulfonamides is 1. The molecule has 0 aliphatic carbocycles. The lowest BCUT2D eigenvalue weighted by molar-refractivity contribution is -0.242. The van der Waals surface area contributed by atoms with Gasteiger partial charge in [-0.2, -0.15) is 21.6 Å². The number of amides is 2. The predicted octanol–water partition coefficient (Wildman–Crippen LogP) is 3.97. The average molecular weight is 590 g/mol. The first-order valence-electron chi connectivity index (χ1n) is 11.4. The molecule has 0 unspecified atom stereocenters. The highest BCUT2D eigenvalue weighted by Gasteiger charge is 2.51. The van der Waals surface area contributed by atoms with E-state index in [0.717, 1.165) is 4.31 Å². The number of carbonyl (C=O) groups excluding carboxylic acids is 2. The van der Waals surface area contributed by atoms with Gasteiger partial charge in [-0.25, -0.2) is 9.78 Å². The van der Waals surface area contributed by atoms with Crippen LogP contribution in [-0.2, 0) is 19.6 Å². The van der Waals surface area contributed by atoms with E-state index in [1.165, 1.54) is 35.7 Å². The van der Waals surface area contributed by atoms with Crippen molar-refractivity contribution in [3.05, 3.63) is 47.7 Å². The molecule has 0 saturated heterocycles. The van der Waals surface area contributed by atoms with E-state index in [2.05, 4.69) is 20.4 Å². The maximum absolute atomic E-state index is 14.0. The lowest BCUT2D eigenvalue weighted by Crippen LogP contribution is -2.48. The Bertz CT molecular complexity index is 1540. The number of nitrogens with zero attached hydrogens (tertiary/aromatic N) is 3. The molecule has 2 aromatic heterocycles. The quantitative estimate of drug-likeness (QED) is 0.445. The van der Waals surface area contributed by atoms with Crippen LogP contribution in [-0.4, -0.2) is 60.8 Å². The summed E-state index contributed by atoms with van der Waals surface area (Å²) in [5.41, 5.74) is -2.61. The van der Waals surface area contributed by atoms with Gasteiger partial charge in [-0.15, -0.1) is 0 Å². The third-order valence-corrected chi connectivity index (χ3v) is 7.91. The minimum atomic E-state index is -4.82. The van der Waals surface area contributed by atoms with Gasteiger partial charge in [0.25, 0.3) is 10.0 Å². The summed E-state index contributed by atoms with van der Waals surface area (Å²) in [5, 5.41) is 4.12. The van der Waals surface area contributed by atoms with Gasteiger partial charge >= 0.3 is 12.3 Å². The topological polar surface area (TPSA) is 131 Å². The van der Waals surface area contributed by atoms with Crippen molar-refractivity contribution in [3.63, 3.8) is 0 Å². The Kier molecular flexibility index (Phi) is 7.33. The zero-order chi connectivity index (χ0) is 28.8. The average Bonchev–Trinajstić information content (AvgIpc) is 3.17. The number of rotatable bonds is 6. The van der Waals surface area contributed by atoms with Crippen molar-refractivity contribution in [1.82, 2.24) is 14.7 Å². The number of fused-ring (bicyclic) bond motifs is 2. The van der Waals surface area contributed by atoms with Crippen molar-refractivity contribution in [2.45, 2.75) is 43.7 Å². The molecule has 0 saturated carbocycles. The highest BCUT2D eigenvalue weighted by molar-refractivity contribution is 7.92. The van der Waals surface area contributed by atoms with Gasteiger partial charge in [-0.1, -0.05) is 17.7 Å². The minimum Gasteiger partial charge on any atom is -0.484 e. The molecule has 3 aromatic rings. The Morgan fingerprint density at radius 2 is 1.95 bits per heavy atom. The van der Waals surface area contributed by atoms with Crippen LogP contribution in [0.25, 0.3) is 5.65 Å². The zero-order valence-corrected chi connectivity index (χ0v) is 22.3. The van der Waals surface area contributed by atoms with Gasteiger partial charge in [0, 0.05) is 18.8 Å². The van der Waals surface area contributed by atoms with Crippen molar-refractivity contribution in [2.24, 2.45) is 0 Å². The summed E-state index contributed by atoms with van der Waals surface area (Å²) in [5.74, 6) is -0.289. The highest BCUT2D eigenvalue weighted by atomic mass is 35.5. The van der Waals surface area contributed by atoms with E-state index in [1.807, 2.05) is 0 Å². The lowest BCUT2D eigenvalue weighted by Gasteiger charge is -2.35. The smallest absolute Gasteiger partial charge is 0.427 e. The third-order valence-electron chi connectivity index (χ3n) is 5.73. The normalized spacial score (nSPS) is 15.9. The molecule has 0 radical (unpaired) electrons. The van der Waals surface area contributed by atoms with Gasteiger partial charge in [-0.3, -0.25) is 18.8 Å². The molecule has 2 N–H and O–H groups in total. The zero-order valence-electron chi connectivity index (χ0n) is 20.7. The SMILES string of the molecule is CC(=O)NC[C@H]1CN(S(=O)(=O)c2c(Cl)nc3ccccn23)c2cc(NC(=O)OC(C)(C)C(F)(F)F)ccc2O1. The summed E-state index contributed by atoms with van der Waals surface area (Å²) in [7, 11) is -4.44. The molecule has 39 heavy (non-hydrogen) atoms. The molecule has 3 heterocycles. The fraction of sp³-hybridized carbons (Fsp3) is 0.348. The number of ether oxygens (including phenoxy) is 2. The van der Waals surface area contributed by atoms with Crippen molar-refractivity contribution < 1.29 is 40.7 Å². The van der Waals surface area contributed by atoms with Gasteiger partial charge < -0.3 is 14.8 Å². The maximum Gasteiger partial charge on any atom is 0.427 e. The van der Waals surface area contributed by atoms with Crippen molar-refractivity contribution in [1.29, 1.82) is 0 Å². The molecule has 0 bridgehead atoms. The van der Waals surface area contributed by atoms with Crippen LogP contribution < -0.4 is 19.7 Å². The molecule has 0 spiro atoms. The van der Waals surface area contributed by atoms with Crippen LogP contribution >= 0.6 is 11.6 Å². The molecule has 1 aromatic carbocycles. The molecule has 1 aliphatic rings. The van der Waals surface area contributed by atoms with Crippen LogP contribution in [0.5, 0.6) is 5.75 Å². The Hall–Kier alpha value is -3.72. The van der Waals surface area contributed by atoms with Crippen LogP contribution in [0.2, 0.25) is 5.15 Å². The Labute approximate surface area is 225 Å². The van der Waals surface area contributed by atoms with Crippen LogP contribution in [0.1, 0.15) is 20.8 Å². The second kappa shape index (κ2) is 10.1. The Morgan fingerprint density at radius 1 is 1.23 bits per heavy atom. The molecular formula is C23H23ClF3N5O6S. The number of carbonyl (C=O) groups is 2. The highest BCUT2D eigenvalue weighted by Crippen LogP contribution is 2.40. The van der Waals surface area contributed by atoms with Crippen molar-refractivity contribution in [3.8, 4) is 5.75 Å². The van der Waals surface area contributed by atoms with Gasteiger partial charge in [0.05, 0.1) is 18.8 Å². The van der Waals surface area contributed by atoms with Crippen LogP contribution in [0, 0.1) is 0 Å². The molecule has 2 amide bonds. The van der Waals surface area contributed by atoms with E-state index in [-0.39, 0.29) is 51.9 Å². The summed E-state index contributed by atoms with van der Waals surface area (Å²) in [6.45, 7) is 2.37.